The molecule has 0 bridgehead atoms. The molecule has 0 aliphatic carbocycles. The first-order valence-corrected chi connectivity index (χ1v) is 8.18. The van der Waals surface area contributed by atoms with Gasteiger partial charge < -0.3 is 16.0 Å². The molecule has 0 amide bonds. The van der Waals surface area contributed by atoms with E-state index in [4.69, 9.17) is 5.73 Å². The third-order valence-electron chi connectivity index (χ3n) is 3.69. The number of hydrogen-bond acceptors (Lipinski definition) is 4. The van der Waals surface area contributed by atoms with Crippen LogP contribution >= 0.6 is 15.9 Å². The Kier molecular flexibility index (Phi) is 7.30. The van der Waals surface area contributed by atoms with E-state index in [0.29, 0.717) is 6.04 Å². The summed E-state index contributed by atoms with van der Waals surface area (Å²) >= 11 is 3.56. The highest BCUT2D eigenvalue weighted by Crippen LogP contribution is 2.28. The van der Waals surface area contributed by atoms with Crippen molar-refractivity contribution in [1.29, 1.82) is 0 Å². The van der Waals surface area contributed by atoms with Crippen molar-refractivity contribution in [2.45, 2.75) is 46.6 Å². The van der Waals surface area contributed by atoms with Gasteiger partial charge in [-0.3, -0.25) is 0 Å². The van der Waals surface area contributed by atoms with E-state index in [1.807, 2.05) is 6.92 Å². The maximum atomic E-state index is 5.84. The summed E-state index contributed by atoms with van der Waals surface area (Å²) in [6, 6.07) is 0.400. The van der Waals surface area contributed by atoms with E-state index in [-0.39, 0.29) is 0 Å². The van der Waals surface area contributed by atoms with Crippen molar-refractivity contribution >= 4 is 27.4 Å². The summed E-state index contributed by atoms with van der Waals surface area (Å²) in [5.74, 6) is 0.882. The summed E-state index contributed by atoms with van der Waals surface area (Å²) in [7, 11) is 0. The molecule has 1 rings (SSSR count). The molecular weight excluding hydrogens is 316 g/mol. The van der Waals surface area contributed by atoms with Gasteiger partial charge in [0.25, 0.3) is 0 Å². The smallest absolute Gasteiger partial charge is 0.140 e. The number of hydrogen-bond donors (Lipinski definition) is 2. The lowest BCUT2D eigenvalue weighted by Gasteiger charge is -2.20. The molecule has 0 saturated carbocycles. The van der Waals surface area contributed by atoms with Crippen molar-refractivity contribution in [3.05, 3.63) is 16.2 Å². The number of rotatable bonds is 8. The summed E-state index contributed by atoms with van der Waals surface area (Å²) in [5, 5.41) is 3.46. The highest BCUT2D eigenvalue weighted by Gasteiger charge is 2.10. The zero-order valence-corrected chi connectivity index (χ0v) is 14.6. The number of nitrogens with one attached hydrogen (secondary N) is 1. The van der Waals surface area contributed by atoms with Crippen molar-refractivity contribution in [3.63, 3.8) is 0 Å². The molecule has 0 radical (unpaired) electrons. The Morgan fingerprint density at radius 1 is 1.40 bits per heavy atom. The number of aromatic nitrogens is 1. The van der Waals surface area contributed by atoms with Gasteiger partial charge in [-0.1, -0.05) is 13.8 Å². The van der Waals surface area contributed by atoms with Gasteiger partial charge in [-0.25, -0.2) is 4.98 Å². The van der Waals surface area contributed by atoms with E-state index in [0.717, 1.165) is 47.6 Å². The molecule has 0 spiro atoms. The zero-order valence-electron chi connectivity index (χ0n) is 13.0. The maximum absolute atomic E-state index is 5.84. The summed E-state index contributed by atoms with van der Waals surface area (Å²) in [6.45, 7) is 12.0. The van der Waals surface area contributed by atoms with Crippen LogP contribution in [0.1, 0.15) is 39.2 Å². The molecule has 1 aromatic heterocycles. The number of nitrogens with two attached hydrogens (primary N) is 1. The van der Waals surface area contributed by atoms with E-state index in [1.54, 1.807) is 6.20 Å². The fourth-order valence-electron chi connectivity index (χ4n) is 2.16. The topological polar surface area (TPSA) is 54.2 Å². The molecule has 1 aromatic rings. The van der Waals surface area contributed by atoms with Gasteiger partial charge in [-0.05, 0) is 67.8 Å². The van der Waals surface area contributed by atoms with Crippen LogP contribution in [0.3, 0.4) is 0 Å². The summed E-state index contributed by atoms with van der Waals surface area (Å²) in [6.07, 6.45) is 4.04. The number of nitrogens with zero attached hydrogens (tertiary/aromatic N) is 2. The second kappa shape index (κ2) is 8.47. The molecule has 0 fully saturated rings. The number of pyridine rings is 1. The largest absolute Gasteiger partial charge is 0.397 e. The maximum Gasteiger partial charge on any atom is 0.140 e. The molecule has 0 aliphatic heterocycles. The van der Waals surface area contributed by atoms with Crippen LogP contribution < -0.4 is 11.1 Å². The normalized spacial score (nSPS) is 12.7. The van der Waals surface area contributed by atoms with Gasteiger partial charge in [0.1, 0.15) is 5.82 Å². The highest BCUT2D eigenvalue weighted by atomic mass is 79.9. The van der Waals surface area contributed by atoms with Gasteiger partial charge >= 0.3 is 0 Å². The first kappa shape index (κ1) is 17.2. The van der Waals surface area contributed by atoms with Crippen molar-refractivity contribution in [2.24, 2.45) is 0 Å². The molecule has 1 atom stereocenters. The van der Waals surface area contributed by atoms with Crippen LogP contribution in [-0.4, -0.2) is 35.6 Å². The van der Waals surface area contributed by atoms with E-state index in [9.17, 15) is 0 Å². The van der Waals surface area contributed by atoms with Gasteiger partial charge in [-0.15, -0.1) is 0 Å². The van der Waals surface area contributed by atoms with E-state index in [2.05, 4.69) is 51.9 Å². The lowest BCUT2D eigenvalue weighted by Crippen LogP contribution is -2.25. The van der Waals surface area contributed by atoms with Crippen molar-refractivity contribution < 1.29 is 0 Å². The van der Waals surface area contributed by atoms with Gasteiger partial charge in [0.15, 0.2) is 0 Å². The van der Waals surface area contributed by atoms with Gasteiger partial charge in [0.05, 0.1) is 16.4 Å². The SMILES string of the molecule is CCN(CC)CCCC(C)Nc1ncc(N)c(C)c1Br. The van der Waals surface area contributed by atoms with Gasteiger partial charge in [-0.2, -0.15) is 0 Å². The molecule has 0 aromatic carbocycles. The lowest BCUT2D eigenvalue weighted by atomic mass is 10.1. The fourth-order valence-corrected chi connectivity index (χ4v) is 2.60. The van der Waals surface area contributed by atoms with Crippen molar-refractivity contribution in [3.8, 4) is 0 Å². The monoisotopic (exact) mass is 342 g/mol. The molecule has 1 unspecified atom stereocenters. The standard InChI is InChI=1S/C15H27BrN4/c1-5-20(6-2)9-7-8-11(3)19-15-14(16)12(4)13(17)10-18-15/h10-11H,5-9,17H2,1-4H3,(H,18,19). The second-order valence-corrected chi connectivity index (χ2v) is 6.01. The molecule has 0 saturated heterocycles. The summed E-state index contributed by atoms with van der Waals surface area (Å²) < 4.78 is 0.966. The predicted molar refractivity (Wildman–Crippen MR) is 91.2 cm³/mol. The first-order valence-electron chi connectivity index (χ1n) is 7.39. The lowest BCUT2D eigenvalue weighted by molar-refractivity contribution is 0.295. The molecule has 20 heavy (non-hydrogen) atoms. The van der Waals surface area contributed by atoms with Crippen molar-refractivity contribution in [2.75, 3.05) is 30.7 Å². The minimum Gasteiger partial charge on any atom is -0.397 e. The molecule has 5 heteroatoms. The fraction of sp³-hybridized carbons (Fsp3) is 0.667. The average molecular weight is 343 g/mol. The van der Waals surface area contributed by atoms with Crippen LogP contribution in [0.15, 0.2) is 10.7 Å². The molecule has 3 N–H and O–H groups in total. The van der Waals surface area contributed by atoms with Crippen LogP contribution in [0.5, 0.6) is 0 Å². The van der Waals surface area contributed by atoms with Crippen LogP contribution in [-0.2, 0) is 0 Å². The molecule has 4 nitrogen and oxygen atoms in total. The molecular formula is C15H27BrN4. The summed E-state index contributed by atoms with van der Waals surface area (Å²) in [4.78, 5) is 6.81. The third kappa shape index (κ3) is 4.94. The Labute approximate surface area is 131 Å². The second-order valence-electron chi connectivity index (χ2n) is 5.22. The number of anilines is 2. The Bertz CT molecular complexity index is 419. The predicted octanol–water partition coefficient (Wildman–Crippen LogP) is 3.66. The van der Waals surface area contributed by atoms with E-state index >= 15 is 0 Å². The Hall–Kier alpha value is -0.810. The Balaban J connectivity index is 2.47. The van der Waals surface area contributed by atoms with Crippen molar-refractivity contribution in [1.82, 2.24) is 9.88 Å². The molecule has 1 heterocycles. The van der Waals surface area contributed by atoms with Crippen LogP contribution in [0, 0.1) is 6.92 Å². The Morgan fingerprint density at radius 3 is 2.65 bits per heavy atom. The summed E-state index contributed by atoms with van der Waals surface area (Å²) in [5.41, 5.74) is 7.60. The van der Waals surface area contributed by atoms with Crippen LogP contribution in [0.2, 0.25) is 0 Å². The Morgan fingerprint density at radius 2 is 2.05 bits per heavy atom. The van der Waals surface area contributed by atoms with Crippen LogP contribution in [0.4, 0.5) is 11.5 Å². The quantitative estimate of drug-likeness (QED) is 0.756. The zero-order chi connectivity index (χ0) is 15.1. The minimum atomic E-state index is 0.400. The molecule has 114 valence electrons. The third-order valence-corrected chi connectivity index (χ3v) is 4.66. The number of halogens is 1. The molecule has 0 aliphatic rings. The van der Waals surface area contributed by atoms with Gasteiger partial charge in [0, 0.05) is 6.04 Å². The van der Waals surface area contributed by atoms with E-state index < -0.39 is 0 Å². The van der Waals surface area contributed by atoms with E-state index in [1.165, 1.54) is 6.42 Å². The highest BCUT2D eigenvalue weighted by molar-refractivity contribution is 9.10. The van der Waals surface area contributed by atoms with Crippen LogP contribution in [0.25, 0.3) is 0 Å². The minimum absolute atomic E-state index is 0.400. The average Bonchev–Trinajstić information content (AvgIpc) is 2.44. The number of nitrogen functional groups attached to an aromatic ring is 1. The first-order chi connectivity index (χ1) is 9.49. The van der Waals surface area contributed by atoms with Gasteiger partial charge in [0.2, 0.25) is 0 Å².